The maximum Gasteiger partial charge on any atom is 0.418 e. The maximum atomic E-state index is 13.5. The molecule has 1 unspecified atom stereocenters. The number of carbonyl (C=O) groups excluding carboxylic acids is 2. The Morgan fingerprint density at radius 1 is 1.21 bits per heavy atom. The molecule has 4 rings (SSSR count). The normalized spacial score (nSPS) is 13.4. The number of nitrogens with one attached hydrogen (secondary N) is 1. The molecule has 3 aromatic rings. The Balaban J connectivity index is 0.00000248. The minimum Gasteiger partial charge on any atom is -0.394 e. The van der Waals surface area contributed by atoms with Gasteiger partial charge in [0, 0.05) is 44.3 Å². The number of carbonyl (C=O) groups is 2. The molecule has 1 aromatic carbocycles. The van der Waals surface area contributed by atoms with Crippen LogP contribution in [0, 0.1) is 6.92 Å². The molecule has 0 bridgehead atoms. The SMILES string of the molecule is C=O.CCCn1nc(C(=O)NC(CO)c2ccc(N(C)C=C3CCC3)cc2)c(C)c1N(C)c1nccc(C(F)(F)F)c1Cl. The van der Waals surface area contributed by atoms with Crippen LogP contribution >= 0.6 is 11.6 Å². The average molecular weight is 621 g/mol. The molecule has 1 saturated carbocycles. The fourth-order valence-corrected chi connectivity index (χ4v) is 5.14. The second kappa shape index (κ2) is 14.5. The molecule has 1 aliphatic carbocycles. The van der Waals surface area contributed by atoms with Gasteiger partial charge >= 0.3 is 6.18 Å². The Morgan fingerprint density at radius 3 is 2.40 bits per heavy atom. The van der Waals surface area contributed by atoms with E-state index in [4.69, 9.17) is 16.4 Å². The number of aliphatic hydroxyl groups excluding tert-OH is 1. The van der Waals surface area contributed by atoms with Crippen LogP contribution in [0.2, 0.25) is 5.02 Å². The fraction of sp³-hybridized carbons (Fsp3) is 0.400. The largest absolute Gasteiger partial charge is 0.418 e. The van der Waals surface area contributed by atoms with E-state index in [0.717, 1.165) is 36.4 Å². The molecule has 232 valence electrons. The topological polar surface area (TPSA) is 104 Å². The van der Waals surface area contributed by atoms with Crippen LogP contribution in [0.1, 0.15) is 65.8 Å². The van der Waals surface area contributed by atoms with Gasteiger partial charge in [-0.15, -0.1) is 0 Å². The zero-order valence-corrected chi connectivity index (χ0v) is 25.3. The average Bonchev–Trinajstić information content (AvgIpc) is 3.29. The Bertz CT molecular complexity index is 1440. The third-order valence-corrected chi connectivity index (χ3v) is 7.55. The van der Waals surface area contributed by atoms with Gasteiger partial charge in [-0.3, -0.25) is 4.79 Å². The number of aliphatic hydroxyl groups is 1. The second-order valence-corrected chi connectivity index (χ2v) is 10.5. The van der Waals surface area contributed by atoms with Gasteiger partial charge in [-0.2, -0.15) is 18.3 Å². The Morgan fingerprint density at radius 2 is 1.86 bits per heavy atom. The second-order valence-electron chi connectivity index (χ2n) is 10.1. The lowest BCUT2D eigenvalue weighted by Crippen LogP contribution is -2.31. The number of aromatic nitrogens is 3. The number of benzene rings is 1. The van der Waals surface area contributed by atoms with Crippen LogP contribution in [0.3, 0.4) is 0 Å². The summed E-state index contributed by atoms with van der Waals surface area (Å²) in [5.74, 6) is -0.246. The smallest absolute Gasteiger partial charge is 0.394 e. The molecule has 1 fully saturated rings. The number of rotatable bonds is 10. The van der Waals surface area contributed by atoms with Crippen LogP contribution in [0.25, 0.3) is 0 Å². The molecule has 2 heterocycles. The summed E-state index contributed by atoms with van der Waals surface area (Å²) in [5.41, 5.74) is 2.63. The van der Waals surface area contributed by atoms with Gasteiger partial charge in [-0.1, -0.05) is 36.2 Å². The predicted octanol–water partition coefficient (Wildman–Crippen LogP) is 6.22. The standard InChI is InChI=1S/C29H34ClF3N6O2.CH2O/c1-5-15-39-28(38(4)26-24(30)22(13-14-34-26)29(31,32)33)18(2)25(36-39)27(41)35-23(17-40)20-9-11-21(12-10-20)37(3)16-19-7-6-8-19;1-2/h9-14,16,23,40H,5-8,15,17H2,1-4H3,(H,35,41);1H2. The molecule has 0 saturated heterocycles. The van der Waals surface area contributed by atoms with E-state index in [1.165, 1.54) is 23.9 Å². The molecule has 9 nitrogen and oxygen atoms in total. The summed E-state index contributed by atoms with van der Waals surface area (Å²) in [6, 6.07) is 7.70. The van der Waals surface area contributed by atoms with Crippen LogP contribution in [-0.2, 0) is 17.5 Å². The van der Waals surface area contributed by atoms with Crippen LogP contribution in [0.15, 0.2) is 48.3 Å². The number of allylic oxidation sites excluding steroid dienone is 1. The number of aryl methyl sites for hydroxylation is 1. The van der Waals surface area contributed by atoms with E-state index in [0.29, 0.717) is 24.3 Å². The number of hydrogen-bond acceptors (Lipinski definition) is 7. The highest BCUT2D eigenvalue weighted by Crippen LogP contribution is 2.40. The zero-order valence-electron chi connectivity index (χ0n) is 24.6. The van der Waals surface area contributed by atoms with Crippen molar-refractivity contribution >= 4 is 41.6 Å². The summed E-state index contributed by atoms with van der Waals surface area (Å²) in [7, 11) is 3.51. The number of anilines is 3. The molecule has 2 aromatic heterocycles. The van der Waals surface area contributed by atoms with Crippen molar-refractivity contribution in [3.05, 3.63) is 75.7 Å². The number of alkyl halides is 3. The third kappa shape index (κ3) is 7.55. The van der Waals surface area contributed by atoms with Crippen LogP contribution in [0.5, 0.6) is 0 Å². The highest BCUT2D eigenvalue weighted by molar-refractivity contribution is 6.34. The lowest BCUT2D eigenvalue weighted by atomic mass is 9.93. The molecule has 1 atom stereocenters. The first kappa shape index (κ1) is 33.6. The van der Waals surface area contributed by atoms with Crippen LogP contribution in [-0.4, -0.2) is 53.3 Å². The number of nitrogens with zero attached hydrogens (tertiary/aromatic N) is 5. The van der Waals surface area contributed by atoms with Crippen molar-refractivity contribution in [2.24, 2.45) is 0 Å². The summed E-state index contributed by atoms with van der Waals surface area (Å²) in [6.45, 7) is 5.65. The number of hydrogen-bond donors (Lipinski definition) is 2. The van der Waals surface area contributed by atoms with Gasteiger partial charge < -0.3 is 25.0 Å². The molecule has 0 radical (unpaired) electrons. The molecule has 1 aliphatic rings. The van der Waals surface area contributed by atoms with Crippen molar-refractivity contribution in [1.29, 1.82) is 0 Å². The van der Waals surface area contributed by atoms with Gasteiger partial charge in [0.1, 0.15) is 12.6 Å². The van der Waals surface area contributed by atoms with Crippen LogP contribution < -0.4 is 15.1 Å². The van der Waals surface area contributed by atoms with Gasteiger partial charge in [-0.25, -0.2) is 9.67 Å². The van der Waals surface area contributed by atoms with E-state index < -0.39 is 28.7 Å². The van der Waals surface area contributed by atoms with E-state index in [1.807, 2.05) is 45.0 Å². The molecule has 1 amide bonds. The quantitative estimate of drug-likeness (QED) is 0.277. The first-order chi connectivity index (χ1) is 20.5. The van der Waals surface area contributed by atoms with E-state index in [2.05, 4.69) is 26.5 Å². The van der Waals surface area contributed by atoms with Gasteiger partial charge in [0.15, 0.2) is 11.5 Å². The molecule has 2 N–H and O–H groups in total. The predicted molar refractivity (Wildman–Crippen MR) is 161 cm³/mol. The van der Waals surface area contributed by atoms with Gasteiger partial charge in [-0.05, 0) is 56.4 Å². The first-order valence-electron chi connectivity index (χ1n) is 13.7. The molecule has 13 heteroatoms. The first-order valence-corrected chi connectivity index (χ1v) is 14.1. The van der Waals surface area contributed by atoms with Crippen molar-refractivity contribution in [3.63, 3.8) is 0 Å². The van der Waals surface area contributed by atoms with Gasteiger partial charge in [0.05, 0.1) is 23.2 Å². The van der Waals surface area contributed by atoms with Gasteiger partial charge in [0.2, 0.25) is 0 Å². The number of halogens is 4. The summed E-state index contributed by atoms with van der Waals surface area (Å²) in [6.07, 6.45) is 2.65. The molecule has 43 heavy (non-hydrogen) atoms. The van der Waals surface area contributed by atoms with Crippen molar-refractivity contribution in [1.82, 2.24) is 20.1 Å². The summed E-state index contributed by atoms with van der Waals surface area (Å²) in [4.78, 5) is 28.9. The molecule has 0 aliphatic heterocycles. The Hall–Kier alpha value is -3.90. The molecule has 0 spiro atoms. The van der Waals surface area contributed by atoms with E-state index >= 15 is 0 Å². The van der Waals surface area contributed by atoms with E-state index in [9.17, 15) is 23.1 Å². The lowest BCUT2D eigenvalue weighted by Gasteiger charge is -2.23. The Labute approximate surface area is 254 Å². The zero-order chi connectivity index (χ0) is 31.9. The summed E-state index contributed by atoms with van der Waals surface area (Å²) < 4.78 is 42.0. The molecular weight excluding hydrogens is 585 g/mol. The number of amides is 1. The fourth-order valence-electron chi connectivity index (χ4n) is 4.80. The third-order valence-electron chi connectivity index (χ3n) is 7.18. The minimum atomic E-state index is -4.65. The van der Waals surface area contributed by atoms with E-state index in [-0.39, 0.29) is 18.1 Å². The van der Waals surface area contributed by atoms with Crippen molar-refractivity contribution in [3.8, 4) is 0 Å². The van der Waals surface area contributed by atoms with Crippen molar-refractivity contribution < 1.29 is 27.9 Å². The van der Waals surface area contributed by atoms with Crippen molar-refractivity contribution in [2.45, 2.75) is 58.3 Å². The van der Waals surface area contributed by atoms with E-state index in [1.54, 1.807) is 11.6 Å². The number of pyridine rings is 1. The lowest BCUT2D eigenvalue weighted by molar-refractivity contribution is -0.137. The summed E-state index contributed by atoms with van der Waals surface area (Å²) in [5, 5.41) is 16.9. The van der Waals surface area contributed by atoms with Crippen molar-refractivity contribution in [2.75, 3.05) is 30.5 Å². The minimum absolute atomic E-state index is 0.0883. The van der Waals surface area contributed by atoms with Gasteiger partial charge in [0.25, 0.3) is 5.91 Å². The highest BCUT2D eigenvalue weighted by Gasteiger charge is 2.36. The maximum absolute atomic E-state index is 13.5. The van der Waals surface area contributed by atoms with Crippen LogP contribution in [0.4, 0.5) is 30.5 Å². The summed E-state index contributed by atoms with van der Waals surface area (Å²) >= 11 is 6.14. The Kier molecular flexibility index (Phi) is 11.3. The molecular formula is C30H36ClF3N6O3. The monoisotopic (exact) mass is 620 g/mol. The highest BCUT2D eigenvalue weighted by atomic mass is 35.5.